The van der Waals surface area contributed by atoms with E-state index in [-0.39, 0.29) is 0 Å². The molecule has 3 rings (SSSR count). The molecule has 0 saturated heterocycles. The molecular formula is C18H19NS2. The highest BCUT2D eigenvalue weighted by Crippen LogP contribution is 2.29. The average molecular weight is 313 g/mol. The summed E-state index contributed by atoms with van der Waals surface area (Å²) in [5, 5.41) is 8.01. The highest BCUT2D eigenvalue weighted by atomic mass is 32.1. The van der Waals surface area contributed by atoms with Crippen molar-refractivity contribution in [1.29, 1.82) is 0 Å². The Morgan fingerprint density at radius 2 is 1.95 bits per heavy atom. The third-order valence-electron chi connectivity index (χ3n) is 3.70. The Labute approximate surface area is 134 Å². The molecule has 0 aliphatic rings. The van der Waals surface area contributed by atoms with Crippen LogP contribution >= 0.6 is 22.7 Å². The van der Waals surface area contributed by atoms with Crippen LogP contribution < -0.4 is 5.32 Å². The van der Waals surface area contributed by atoms with Crippen LogP contribution in [0.15, 0.2) is 53.2 Å². The van der Waals surface area contributed by atoms with Crippen molar-refractivity contribution in [3.63, 3.8) is 0 Å². The van der Waals surface area contributed by atoms with E-state index in [9.17, 15) is 0 Å². The van der Waals surface area contributed by atoms with E-state index in [2.05, 4.69) is 72.4 Å². The predicted octanol–water partition coefficient (Wildman–Crippen LogP) is 5.64. The summed E-state index contributed by atoms with van der Waals surface area (Å²) in [6, 6.07) is 15.5. The van der Waals surface area contributed by atoms with Crippen molar-refractivity contribution in [3.05, 3.63) is 69.2 Å². The lowest BCUT2D eigenvalue weighted by Gasteiger charge is -2.15. The molecule has 0 radical (unpaired) electrons. The van der Waals surface area contributed by atoms with Gasteiger partial charge in [0.2, 0.25) is 0 Å². The van der Waals surface area contributed by atoms with E-state index >= 15 is 0 Å². The summed E-state index contributed by atoms with van der Waals surface area (Å²) in [5.74, 6) is 0. The van der Waals surface area contributed by atoms with Crippen LogP contribution in [0.2, 0.25) is 0 Å². The van der Waals surface area contributed by atoms with Gasteiger partial charge in [0, 0.05) is 27.9 Å². The summed E-state index contributed by atoms with van der Waals surface area (Å²) < 4.78 is 0. The first kappa shape index (κ1) is 14.5. The Morgan fingerprint density at radius 3 is 2.71 bits per heavy atom. The van der Waals surface area contributed by atoms with Gasteiger partial charge in [-0.15, -0.1) is 22.7 Å². The first-order valence-electron chi connectivity index (χ1n) is 7.14. The summed E-state index contributed by atoms with van der Waals surface area (Å²) in [4.78, 5) is 2.74. The van der Waals surface area contributed by atoms with Gasteiger partial charge in [0.15, 0.2) is 0 Å². The second-order valence-electron chi connectivity index (χ2n) is 5.24. The smallest absolute Gasteiger partial charge is 0.0351 e. The molecular weight excluding hydrogens is 294 g/mol. The lowest BCUT2D eigenvalue weighted by Crippen LogP contribution is -2.18. The molecule has 2 aromatic heterocycles. The Balaban J connectivity index is 1.64. The Bertz CT molecular complexity index is 698. The third kappa shape index (κ3) is 3.43. The minimum Gasteiger partial charge on any atom is -0.305 e. The molecule has 108 valence electrons. The molecule has 0 spiro atoms. The maximum Gasteiger partial charge on any atom is 0.0351 e. The fraction of sp³-hybridized carbons (Fsp3) is 0.222. The molecule has 2 heterocycles. The molecule has 0 aliphatic carbocycles. The highest BCUT2D eigenvalue weighted by molar-refractivity contribution is 7.14. The summed E-state index contributed by atoms with van der Waals surface area (Å²) in [6.07, 6.45) is 0. The van der Waals surface area contributed by atoms with Crippen LogP contribution in [0.4, 0.5) is 0 Å². The second kappa shape index (κ2) is 6.56. The minimum atomic E-state index is 0.374. The van der Waals surface area contributed by atoms with Gasteiger partial charge in [-0.05, 0) is 47.9 Å². The van der Waals surface area contributed by atoms with Crippen molar-refractivity contribution < 1.29 is 0 Å². The number of nitrogens with one attached hydrogen (secondary N) is 1. The number of benzene rings is 1. The summed E-state index contributed by atoms with van der Waals surface area (Å²) >= 11 is 3.63. The zero-order chi connectivity index (χ0) is 14.7. The molecule has 1 atom stereocenters. The molecule has 0 aliphatic heterocycles. The molecule has 21 heavy (non-hydrogen) atoms. The van der Waals surface area contributed by atoms with Gasteiger partial charge >= 0.3 is 0 Å². The molecule has 1 aromatic carbocycles. The zero-order valence-electron chi connectivity index (χ0n) is 12.3. The summed E-state index contributed by atoms with van der Waals surface area (Å²) in [5.41, 5.74) is 4.07. The lowest BCUT2D eigenvalue weighted by molar-refractivity contribution is 0.576. The normalized spacial score (nSPS) is 12.5. The van der Waals surface area contributed by atoms with E-state index in [1.807, 2.05) is 11.3 Å². The monoisotopic (exact) mass is 313 g/mol. The zero-order valence-corrected chi connectivity index (χ0v) is 13.9. The molecule has 0 bridgehead atoms. The number of hydrogen-bond acceptors (Lipinski definition) is 3. The van der Waals surface area contributed by atoms with Crippen molar-refractivity contribution >= 4 is 22.7 Å². The van der Waals surface area contributed by atoms with Gasteiger partial charge in [0.25, 0.3) is 0 Å². The van der Waals surface area contributed by atoms with E-state index in [4.69, 9.17) is 0 Å². The van der Waals surface area contributed by atoms with E-state index in [0.29, 0.717) is 6.04 Å². The largest absolute Gasteiger partial charge is 0.305 e. The van der Waals surface area contributed by atoms with Crippen LogP contribution in [0, 0.1) is 6.92 Å². The fourth-order valence-corrected chi connectivity index (χ4v) is 4.11. The lowest BCUT2D eigenvalue weighted by atomic mass is 10.0. The highest BCUT2D eigenvalue weighted by Gasteiger charge is 2.08. The Hall–Kier alpha value is -1.42. The molecule has 1 N–H and O–H groups in total. The van der Waals surface area contributed by atoms with Crippen LogP contribution in [0.5, 0.6) is 0 Å². The predicted molar refractivity (Wildman–Crippen MR) is 94.1 cm³/mol. The maximum absolute atomic E-state index is 3.63. The quantitative estimate of drug-likeness (QED) is 0.643. The molecule has 1 nitrogen and oxygen atoms in total. The number of aryl methyl sites for hydroxylation is 1. The molecule has 0 amide bonds. The number of thiophene rings is 2. The van der Waals surface area contributed by atoms with E-state index in [1.54, 1.807) is 11.3 Å². The van der Waals surface area contributed by atoms with Crippen LogP contribution in [-0.2, 0) is 6.54 Å². The van der Waals surface area contributed by atoms with Gasteiger partial charge < -0.3 is 5.32 Å². The van der Waals surface area contributed by atoms with Crippen molar-refractivity contribution in [1.82, 2.24) is 5.32 Å². The first-order chi connectivity index (χ1) is 10.2. The standard InChI is InChI=1S/C18H19NS2/c1-13-6-3-4-7-17(13)14(2)19-11-16-10-15(12-21-16)18-8-5-9-20-18/h3-10,12,14,19H,11H2,1-2H3/t14-/m1/s1. The minimum absolute atomic E-state index is 0.374. The molecule has 0 fully saturated rings. The van der Waals surface area contributed by atoms with Crippen LogP contribution in [0.3, 0.4) is 0 Å². The van der Waals surface area contributed by atoms with Gasteiger partial charge in [-0.1, -0.05) is 30.3 Å². The maximum atomic E-state index is 3.63. The van der Waals surface area contributed by atoms with Crippen LogP contribution in [0.1, 0.15) is 29.0 Å². The van der Waals surface area contributed by atoms with Crippen molar-refractivity contribution in [3.8, 4) is 10.4 Å². The van der Waals surface area contributed by atoms with Gasteiger partial charge in [-0.3, -0.25) is 0 Å². The Morgan fingerprint density at radius 1 is 1.10 bits per heavy atom. The molecule has 0 saturated carbocycles. The van der Waals surface area contributed by atoms with Crippen LogP contribution in [-0.4, -0.2) is 0 Å². The molecule has 3 aromatic rings. The Kier molecular flexibility index (Phi) is 4.54. The first-order valence-corrected chi connectivity index (χ1v) is 8.90. The van der Waals surface area contributed by atoms with Gasteiger partial charge in [0.05, 0.1) is 0 Å². The van der Waals surface area contributed by atoms with Crippen molar-refractivity contribution in [2.24, 2.45) is 0 Å². The molecule has 3 heteroatoms. The fourth-order valence-electron chi connectivity index (χ4n) is 2.48. The second-order valence-corrected chi connectivity index (χ2v) is 7.18. The van der Waals surface area contributed by atoms with E-state index in [0.717, 1.165) is 6.54 Å². The van der Waals surface area contributed by atoms with Crippen molar-refractivity contribution in [2.45, 2.75) is 26.4 Å². The van der Waals surface area contributed by atoms with Crippen molar-refractivity contribution in [2.75, 3.05) is 0 Å². The number of hydrogen-bond donors (Lipinski definition) is 1. The molecule has 0 unspecified atom stereocenters. The summed E-state index contributed by atoms with van der Waals surface area (Å²) in [6.45, 7) is 5.33. The third-order valence-corrected chi connectivity index (χ3v) is 5.55. The van der Waals surface area contributed by atoms with Gasteiger partial charge in [-0.25, -0.2) is 0 Å². The van der Waals surface area contributed by atoms with E-state index < -0.39 is 0 Å². The number of rotatable bonds is 5. The average Bonchev–Trinajstić information content (AvgIpc) is 3.16. The van der Waals surface area contributed by atoms with Gasteiger partial charge in [-0.2, -0.15) is 0 Å². The topological polar surface area (TPSA) is 12.0 Å². The SMILES string of the molecule is Cc1ccccc1[C@@H](C)NCc1cc(-c2cccs2)cs1. The van der Waals surface area contributed by atoms with Crippen LogP contribution in [0.25, 0.3) is 10.4 Å². The van der Waals surface area contributed by atoms with E-state index in [1.165, 1.54) is 26.4 Å². The van der Waals surface area contributed by atoms with Gasteiger partial charge in [0.1, 0.15) is 0 Å². The summed E-state index contributed by atoms with van der Waals surface area (Å²) in [7, 11) is 0.